The largest absolute Gasteiger partial charge is 0.372 e. The van der Waals surface area contributed by atoms with Crippen LogP contribution in [-0.2, 0) is 0 Å². The Morgan fingerprint density at radius 3 is 2.44 bits per heavy atom. The van der Waals surface area contributed by atoms with Gasteiger partial charge < -0.3 is 10.6 Å². The van der Waals surface area contributed by atoms with E-state index in [0.29, 0.717) is 16.5 Å². The second kappa shape index (κ2) is 5.46. The standard InChI is InChI=1S/C12H11ClN4O/c1-14-11-7-15-10(6-16-11)12(18)17-9-4-2-8(13)3-5-9/h2-7H,1H3,(H,14,16)(H,17,18). The molecule has 1 heterocycles. The zero-order chi connectivity index (χ0) is 13.0. The zero-order valence-electron chi connectivity index (χ0n) is 9.64. The number of hydrogen-bond acceptors (Lipinski definition) is 4. The Bertz CT molecular complexity index is 539. The number of nitrogens with one attached hydrogen (secondary N) is 2. The fourth-order valence-electron chi connectivity index (χ4n) is 1.30. The molecule has 0 fully saturated rings. The molecule has 6 heteroatoms. The summed E-state index contributed by atoms with van der Waals surface area (Å²) in [4.78, 5) is 19.9. The highest BCUT2D eigenvalue weighted by molar-refractivity contribution is 6.30. The zero-order valence-corrected chi connectivity index (χ0v) is 10.4. The number of nitrogens with zero attached hydrogens (tertiary/aromatic N) is 2. The number of amides is 1. The van der Waals surface area contributed by atoms with Gasteiger partial charge in [-0.2, -0.15) is 0 Å². The molecule has 92 valence electrons. The fraction of sp³-hybridized carbons (Fsp3) is 0.0833. The van der Waals surface area contributed by atoms with Crippen LogP contribution in [0.1, 0.15) is 10.5 Å². The van der Waals surface area contributed by atoms with Crippen LogP contribution in [-0.4, -0.2) is 22.9 Å². The number of halogens is 1. The van der Waals surface area contributed by atoms with Crippen molar-refractivity contribution in [3.63, 3.8) is 0 Å². The number of aromatic nitrogens is 2. The first-order valence-corrected chi connectivity index (χ1v) is 5.63. The second-order valence-electron chi connectivity index (χ2n) is 3.50. The van der Waals surface area contributed by atoms with E-state index in [4.69, 9.17) is 11.6 Å². The summed E-state index contributed by atoms with van der Waals surface area (Å²) in [5.41, 5.74) is 0.910. The Hall–Kier alpha value is -2.14. The van der Waals surface area contributed by atoms with Crippen LogP contribution in [0.3, 0.4) is 0 Å². The Kier molecular flexibility index (Phi) is 3.74. The molecule has 1 aromatic carbocycles. The van der Waals surface area contributed by atoms with E-state index < -0.39 is 0 Å². The number of hydrogen-bond donors (Lipinski definition) is 2. The molecule has 0 aliphatic carbocycles. The van der Waals surface area contributed by atoms with Crippen molar-refractivity contribution >= 4 is 29.0 Å². The van der Waals surface area contributed by atoms with Crippen LogP contribution >= 0.6 is 11.6 Å². The molecule has 2 aromatic rings. The topological polar surface area (TPSA) is 66.9 Å². The van der Waals surface area contributed by atoms with Crippen LogP contribution in [0.2, 0.25) is 5.02 Å². The molecule has 2 N–H and O–H groups in total. The normalized spacial score (nSPS) is 9.89. The smallest absolute Gasteiger partial charge is 0.275 e. The number of carbonyl (C=O) groups excluding carboxylic acids is 1. The van der Waals surface area contributed by atoms with Crippen LogP contribution in [0.4, 0.5) is 11.5 Å². The van der Waals surface area contributed by atoms with Crippen molar-refractivity contribution in [1.29, 1.82) is 0 Å². The van der Waals surface area contributed by atoms with E-state index in [1.165, 1.54) is 12.4 Å². The molecule has 0 saturated heterocycles. The lowest BCUT2D eigenvalue weighted by Gasteiger charge is -2.05. The first-order chi connectivity index (χ1) is 8.69. The van der Waals surface area contributed by atoms with Gasteiger partial charge in [0.05, 0.1) is 12.4 Å². The van der Waals surface area contributed by atoms with E-state index in [0.717, 1.165) is 0 Å². The minimum absolute atomic E-state index is 0.254. The molecule has 0 aliphatic rings. The molecule has 0 aliphatic heterocycles. The van der Waals surface area contributed by atoms with Gasteiger partial charge in [0, 0.05) is 17.8 Å². The minimum atomic E-state index is -0.313. The molecule has 1 amide bonds. The van der Waals surface area contributed by atoms with Gasteiger partial charge in [-0.3, -0.25) is 4.79 Å². The highest BCUT2D eigenvalue weighted by Crippen LogP contribution is 2.14. The van der Waals surface area contributed by atoms with E-state index >= 15 is 0 Å². The van der Waals surface area contributed by atoms with E-state index in [9.17, 15) is 4.79 Å². The molecular formula is C12H11ClN4O. The lowest BCUT2D eigenvalue weighted by atomic mass is 10.3. The summed E-state index contributed by atoms with van der Waals surface area (Å²) in [5.74, 6) is 0.297. The lowest BCUT2D eigenvalue weighted by molar-refractivity contribution is 0.102. The van der Waals surface area contributed by atoms with Gasteiger partial charge in [0.25, 0.3) is 5.91 Å². The molecule has 2 rings (SSSR count). The van der Waals surface area contributed by atoms with Crippen LogP contribution in [0.15, 0.2) is 36.7 Å². The third kappa shape index (κ3) is 2.95. The van der Waals surface area contributed by atoms with Gasteiger partial charge in [-0.25, -0.2) is 9.97 Å². The average Bonchev–Trinajstić information content (AvgIpc) is 2.41. The van der Waals surface area contributed by atoms with Gasteiger partial charge in [-0.15, -0.1) is 0 Å². The number of anilines is 2. The van der Waals surface area contributed by atoms with Crippen LogP contribution in [0.5, 0.6) is 0 Å². The summed E-state index contributed by atoms with van der Waals surface area (Å²) in [5, 5.41) is 6.15. The maximum absolute atomic E-state index is 11.8. The van der Waals surface area contributed by atoms with E-state index in [-0.39, 0.29) is 11.6 Å². The van der Waals surface area contributed by atoms with Gasteiger partial charge in [-0.05, 0) is 24.3 Å². The molecule has 0 saturated carbocycles. The lowest BCUT2D eigenvalue weighted by Crippen LogP contribution is -2.14. The van der Waals surface area contributed by atoms with Crippen molar-refractivity contribution in [3.05, 3.63) is 47.4 Å². The maximum Gasteiger partial charge on any atom is 0.275 e. The van der Waals surface area contributed by atoms with Crippen LogP contribution in [0.25, 0.3) is 0 Å². The van der Waals surface area contributed by atoms with Crippen LogP contribution in [0, 0.1) is 0 Å². The molecule has 18 heavy (non-hydrogen) atoms. The van der Waals surface area contributed by atoms with E-state index in [1.807, 2.05) is 0 Å². The highest BCUT2D eigenvalue weighted by atomic mass is 35.5. The summed E-state index contributed by atoms with van der Waals surface area (Å²) in [7, 11) is 1.73. The van der Waals surface area contributed by atoms with Gasteiger partial charge in [0.15, 0.2) is 0 Å². The Balaban J connectivity index is 2.09. The van der Waals surface area contributed by atoms with Crippen molar-refractivity contribution in [2.75, 3.05) is 17.7 Å². The average molecular weight is 263 g/mol. The Morgan fingerprint density at radius 2 is 1.89 bits per heavy atom. The van der Waals surface area contributed by atoms with Gasteiger partial charge in [-0.1, -0.05) is 11.6 Å². The summed E-state index contributed by atoms with van der Waals surface area (Å²) in [6.45, 7) is 0. The molecule has 0 bridgehead atoms. The first-order valence-electron chi connectivity index (χ1n) is 5.26. The number of carbonyl (C=O) groups is 1. The molecular weight excluding hydrogens is 252 g/mol. The predicted octanol–water partition coefficient (Wildman–Crippen LogP) is 2.42. The van der Waals surface area contributed by atoms with Crippen molar-refractivity contribution in [2.24, 2.45) is 0 Å². The molecule has 0 atom stereocenters. The Labute approximate surface area is 109 Å². The van der Waals surface area contributed by atoms with Gasteiger partial charge >= 0.3 is 0 Å². The summed E-state index contributed by atoms with van der Waals surface area (Å²) in [6.07, 6.45) is 2.91. The van der Waals surface area contributed by atoms with Crippen molar-refractivity contribution in [3.8, 4) is 0 Å². The fourth-order valence-corrected chi connectivity index (χ4v) is 1.43. The minimum Gasteiger partial charge on any atom is -0.372 e. The SMILES string of the molecule is CNc1cnc(C(=O)Nc2ccc(Cl)cc2)cn1. The summed E-state index contributed by atoms with van der Waals surface area (Å²) in [6, 6.07) is 6.84. The monoisotopic (exact) mass is 262 g/mol. The molecule has 0 radical (unpaired) electrons. The Morgan fingerprint density at radius 1 is 1.17 bits per heavy atom. The van der Waals surface area contributed by atoms with Gasteiger partial charge in [0.1, 0.15) is 11.5 Å². The number of rotatable bonds is 3. The van der Waals surface area contributed by atoms with Crippen molar-refractivity contribution < 1.29 is 4.79 Å². The molecule has 0 spiro atoms. The van der Waals surface area contributed by atoms with E-state index in [2.05, 4.69) is 20.6 Å². The number of benzene rings is 1. The van der Waals surface area contributed by atoms with Crippen LogP contribution < -0.4 is 10.6 Å². The first kappa shape index (κ1) is 12.3. The quantitative estimate of drug-likeness (QED) is 0.892. The molecule has 1 aromatic heterocycles. The van der Waals surface area contributed by atoms with Crippen molar-refractivity contribution in [2.45, 2.75) is 0 Å². The van der Waals surface area contributed by atoms with Crippen molar-refractivity contribution in [1.82, 2.24) is 9.97 Å². The second-order valence-corrected chi connectivity index (χ2v) is 3.93. The third-order valence-electron chi connectivity index (χ3n) is 2.24. The van der Waals surface area contributed by atoms with E-state index in [1.54, 1.807) is 31.3 Å². The molecule has 0 unspecified atom stereocenters. The molecule has 5 nitrogen and oxygen atoms in total. The maximum atomic E-state index is 11.8. The summed E-state index contributed by atoms with van der Waals surface area (Å²) < 4.78 is 0. The summed E-state index contributed by atoms with van der Waals surface area (Å²) >= 11 is 5.76. The highest BCUT2D eigenvalue weighted by Gasteiger charge is 2.08. The van der Waals surface area contributed by atoms with Gasteiger partial charge in [0.2, 0.25) is 0 Å². The third-order valence-corrected chi connectivity index (χ3v) is 2.49. The predicted molar refractivity (Wildman–Crippen MR) is 71.0 cm³/mol.